The van der Waals surface area contributed by atoms with Crippen LogP contribution in [0, 0.1) is 0 Å². The molecular weight excluding hydrogens is 332 g/mol. The third-order valence-corrected chi connectivity index (χ3v) is 4.37. The number of rotatable bonds is 6. The van der Waals surface area contributed by atoms with Gasteiger partial charge in [0, 0.05) is 19.3 Å². The van der Waals surface area contributed by atoms with Crippen molar-refractivity contribution in [3.63, 3.8) is 0 Å². The lowest BCUT2D eigenvalue weighted by Gasteiger charge is -2.29. The first-order valence-corrected chi connectivity index (χ1v) is 8.94. The predicted octanol–water partition coefficient (Wildman–Crippen LogP) is 2.05. The van der Waals surface area contributed by atoms with Gasteiger partial charge in [0.1, 0.15) is 17.5 Å². The van der Waals surface area contributed by atoms with Gasteiger partial charge in [0.05, 0.1) is 0 Å². The molecule has 1 N–H and O–H groups in total. The van der Waals surface area contributed by atoms with Crippen LogP contribution in [-0.2, 0) is 11.5 Å². The maximum absolute atomic E-state index is 12.4. The van der Waals surface area contributed by atoms with Gasteiger partial charge in [-0.15, -0.1) is 0 Å². The summed E-state index contributed by atoms with van der Waals surface area (Å²) in [6, 6.07) is 10.4. The molecule has 1 fully saturated rings. The van der Waals surface area contributed by atoms with E-state index in [1.165, 1.54) is 0 Å². The minimum Gasteiger partial charge on any atom is -0.471 e. The van der Waals surface area contributed by atoms with Crippen LogP contribution in [0.15, 0.2) is 42.6 Å². The standard InChI is InChI=1S/C19H24N4O3/c1-15(19(25)22-11-6-3-7-12-22)20-18(24)17-10-13-23(21-17)14-26-16-8-4-2-5-9-16/h2,4-5,8-10,13,15H,3,6-7,11-12,14H2,1H3,(H,20,24)/t15-/m0/s1. The summed E-state index contributed by atoms with van der Waals surface area (Å²) in [6.45, 7) is 3.46. The number of piperidine rings is 1. The average molecular weight is 356 g/mol. The molecule has 26 heavy (non-hydrogen) atoms. The van der Waals surface area contributed by atoms with Crippen LogP contribution in [0.1, 0.15) is 36.7 Å². The normalized spacial score (nSPS) is 15.3. The zero-order valence-corrected chi connectivity index (χ0v) is 14.9. The molecule has 1 aliphatic rings. The molecule has 0 radical (unpaired) electrons. The Morgan fingerprint density at radius 3 is 2.62 bits per heavy atom. The molecule has 2 aromatic rings. The van der Waals surface area contributed by atoms with Gasteiger partial charge in [0.15, 0.2) is 6.73 Å². The second-order valence-corrected chi connectivity index (χ2v) is 6.41. The number of carbonyl (C=O) groups excluding carboxylic acids is 2. The molecule has 0 bridgehead atoms. The molecule has 138 valence electrons. The zero-order valence-electron chi connectivity index (χ0n) is 14.9. The van der Waals surface area contributed by atoms with Crippen LogP contribution in [0.2, 0.25) is 0 Å². The number of hydrogen-bond acceptors (Lipinski definition) is 4. The van der Waals surface area contributed by atoms with Gasteiger partial charge in [-0.25, -0.2) is 4.68 Å². The van der Waals surface area contributed by atoms with Gasteiger partial charge in [-0.3, -0.25) is 9.59 Å². The van der Waals surface area contributed by atoms with Crippen molar-refractivity contribution in [2.45, 2.75) is 39.0 Å². The second kappa shape index (κ2) is 8.51. The predicted molar refractivity (Wildman–Crippen MR) is 96.7 cm³/mol. The van der Waals surface area contributed by atoms with Crippen molar-refractivity contribution in [1.29, 1.82) is 0 Å². The largest absolute Gasteiger partial charge is 0.471 e. The van der Waals surface area contributed by atoms with Gasteiger partial charge in [-0.2, -0.15) is 5.10 Å². The van der Waals surface area contributed by atoms with E-state index in [4.69, 9.17) is 4.74 Å². The fraction of sp³-hybridized carbons (Fsp3) is 0.421. The number of para-hydroxylation sites is 1. The van der Waals surface area contributed by atoms with Gasteiger partial charge >= 0.3 is 0 Å². The fourth-order valence-electron chi connectivity index (χ4n) is 2.93. The van der Waals surface area contributed by atoms with E-state index in [9.17, 15) is 9.59 Å². The molecule has 7 heteroatoms. The number of hydrogen-bond donors (Lipinski definition) is 1. The van der Waals surface area contributed by atoms with Crippen LogP contribution in [0.3, 0.4) is 0 Å². The van der Waals surface area contributed by atoms with Gasteiger partial charge in [0.2, 0.25) is 5.91 Å². The van der Waals surface area contributed by atoms with Crippen LogP contribution in [-0.4, -0.2) is 45.6 Å². The van der Waals surface area contributed by atoms with E-state index in [2.05, 4.69) is 10.4 Å². The molecule has 0 spiro atoms. The molecule has 1 atom stereocenters. The lowest BCUT2D eigenvalue weighted by Crippen LogP contribution is -2.48. The van der Waals surface area contributed by atoms with Gasteiger partial charge in [-0.1, -0.05) is 18.2 Å². The Hall–Kier alpha value is -2.83. The minimum absolute atomic E-state index is 0.0371. The highest BCUT2D eigenvalue weighted by Gasteiger charge is 2.24. The quantitative estimate of drug-likeness (QED) is 0.859. The molecule has 0 saturated carbocycles. The molecule has 2 amide bonds. The van der Waals surface area contributed by atoms with Crippen LogP contribution in [0.4, 0.5) is 0 Å². The van der Waals surface area contributed by atoms with E-state index in [0.717, 1.165) is 38.1 Å². The Kier molecular flexibility index (Phi) is 5.88. The number of nitrogens with one attached hydrogen (secondary N) is 1. The number of carbonyl (C=O) groups is 2. The van der Waals surface area contributed by atoms with Crippen LogP contribution >= 0.6 is 0 Å². The molecule has 1 aliphatic heterocycles. The number of likely N-dealkylation sites (tertiary alicyclic amines) is 1. The summed E-state index contributed by atoms with van der Waals surface area (Å²) < 4.78 is 7.13. The Morgan fingerprint density at radius 1 is 1.15 bits per heavy atom. The Bertz CT molecular complexity index is 738. The van der Waals surface area contributed by atoms with E-state index < -0.39 is 6.04 Å². The number of amides is 2. The van der Waals surface area contributed by atoms with Gasteiger partial charge < -0.3 is 15.0 Å². The Labute approximate surface area is 152 Å². The monoisotopic (exact) mass is 356 g/mol. The van der Waals surface area contributed by atoms with E-state index in [-0.39, 0.29) is 24.2 Å². The summed E-state index contributed by atoms with van der Waals surface area (Å²) in [5.41, 5.74) is 0.264. The number of ether oxygens (including phenoxy) is 1. The van der Waals surface area contributed by atoms with E-state index >= 15 is 0 Å². The molecular formula is C19H24N4O3. The summed E-state index contributed by atoms with van der Waals surface area (Å²) in [5.74, 6) is 0.334. The summed E-state index contributed by atoms with van der Waals surface area (Å²) in [4.78, 5) is 26.5. The SMILES string of the molecule is C[C@H](NC(=O)c1ccn(COc2ccccc2)n1)C(=O)N1CCCCC1. The van der Waals surface area contributed by atoms with Crippen molar-refractivity contribution in [1.82, 2.24) is 20.0 Å². The maximum atomic E-state index is 12.4. The summed E-state index contributed by atoms with van der Waals surface area (Å²) in [7, 11) is 0. The fourth-order valence-corrected chi connectivity index (χ4v) is 2.93. The summed E-state index contributed by atoms with van der Waals surface area (Å²) >= 11 is 0. The highest BCUT2D eigenvalue weighted by molar-refractivity contribution is 5.95. The van der Waals surface area contributed by atoms with Crippen molar-refractivity contribution >= 4 is 11.8 Å². The molecule has 2 heterocycles. The topological polar surface area (TPSA) is 76.5 Å². The Balaban J connectivity index is 1.51. The van der Waals surface area contributed by atoms with E-state index in [1.54, 1.807) is 23.9 Å². The molecule has 0 unspecified atom stereocenters. The molecule has 0 aliphatic carbocycles. The lowest BCUT2D eigenvalue weighted by molar-refractivity contribution is -0.133. The molecule has 7 nitrogen and oxygen atoms in total. The summed E-state index contributed by atoms with van der Waals surface area (Å²) in [6.07, 6.45) is 4.89. The number of nitrogens with zero attached hydrogens (tertiary/aromatic N) is 3. The first-order valence-electron chi connectivity index (χ1n) is 8.94. The lowest BCUT2D eigenvalue weighted by atomic mass is 10.1. The van der Waals surface area contributed by atoms with Gasteiger partial charge in [0.25, 0.3) is 5.91 Å². The second-order valence-electron chi connectivity index (χ2n) is 6.41. The third kappa shape index (κ3) is 4.62. The number of benzene rings is 1. The van der Waals surface area contributed by atoms with Crippen molar-refractivity contribution in [2.24, 2.45) is 0 Å². The average Bonchev–Trinajstić information content (AvgIpc) is 3.16. The first kappa shape index (κ1) is 18.0. The smallest absolute Gasteiger partial charge is 0.272 e. The zero-order chi connectivity index (χ0) is 18.4. The van der Waals surface area contributed by atoms with Crippen molar-refractivity contribution in [3.05, 3.63) is 48.3 Å². The molecule has 1 saturated heterocycles. The van der Waals surface area contributed by atoms with Crippen molar-refractivity contribution in [3.8, 4) is 5.75 Å². The van der Waals surface area contributed by atoms with Crippen LogP contribution in [0.25, 0.3) is 0 Å². The molecule has 1 aromatic carbocycles. The number of aromatic nitrogens is 2. The minimum atomic E-state index is -0.564. The van der Waals surface area contributed by atoms with E-state index in [1.807, 2.05) is 35.2 Å². The van der Waals surface area contributed by atoms with Gasteiger partial charge in [-0.05, 0) is 44.4 Å². The summed E-state index contributed by atoms with van der Waals surface area (Å²) in [5, 5.41) is 6.94. The highest BCUT2D eigenvalue weighted by Crippen LogP contribution is 2.11. The Morgan fingerprint density at radius 2 is 1.88 bits per heavy atom. The van der Waals surface area contributed by atoms with E-state index in [0.29, 0.717) is 0 Å². The maximum Gasteiger partial charge on any atom is 0.272 e. The molecule has 3 rings (SSSR count). The van der Waals surface area contributed by atoms with Crippen LogP contribution in [0.5, 0.6) is 5.75 Å². The third-order valence-electron chi connectivity index (χ3n) is 4.37. The highest BCUT2D eigenvalue weighted by atomic mass is 16.5. The first-order chi connectivity index (χ1) is 12.6. The van der Waals surface area contributed by atoms with Crippen LogP contribution < -0.4 is 10.1 Å². The van der Waals surface area contributed by atoms with Crippen molar-refractivity contribution < 1.29 is 14.3 Å². The van der Waals surface area contributed by atoms with Crippen molar-refractivity contribution in [2.75, 3.05) is 13.1 Å². The molecule has 1 aromatic heterocycles.